The minimum absolute atomic E-state index is 0.00495. The van der Waals surface area contributed by atoms with Crippen molar-refractivity contribution in [1.82, 2.24) is 28.9 Å². The Hall–Kier alpha value is -4.99. The summed E-state index contributed by atoms with van der Waals surface area (Å²) < 4.78 is 14.4. The Balaban J connectivity index is 1.06. The van der Waals surface area contributed by atoms with Crippen LogP contribution in [0.25, 0.3) is 16.9 Å². The minimum atomic E-state index is -0.424. The summed E-state index contributed by atoms with van der Waals surface area (Å²) in [5.74, 6) is 1.24. The van der Waals surface area contributed by atoms with E-state index in [1.807, 2.05) is 44.2 Å². The zero-order valence-electron chi connectivity index (χ0n) is 25.2. The van der Waals surface area contributed by atoms with Crippen molar-refractivity contribution in [2.75, 3.05) is 45.1 Å². The number of hydrogen-bond acceptors (Lipinski definition) is 9. The van der Waals surface area contributed by atoms with Crippen LogP contribution in [0.3, 0.4) is 0 Å². The van der Waals surface area contributed by atoms with Crippen molar-refractivity contribution >= 4 is 22.9 Å². The van der Waals surface area contributed by atoms with Gasteiger partial charge < -0.3 is 20.1 Å². The third-order valence-electron chi connectivity index (χ3n) is 9.02. The van der Waals surface area contributed by atoms with Crippen molar-refractivity contribution in [3.8, 4) is 23.3 Å². The molecule has 3 fully saturated rings. The average molecular weight is 607 g/mol. The first kappa shape index (κ1) is 28.8. The van der Waals surface area contributed by atoms with Gasteiger partial charge in [0.25, 0.3) is 5.91 Å². The predicted molar refractivity (Wildman–Crippen MR) is 167 cm³/mol. The van der Waals surface area contributed by atoms with Gasteiger partial charge in [-0.25, -0.2) is 14.8 Å². The molecule has 12 heteroatoms. The van der Waals surface area contributed by atoms with Gasteiger partial charge in [-0.3, -0.25) is 18.8 Å². The third kappa shape index (κ3) is 5.13. The number of benzene rings is 2. The van der Waals surface area contributed by atoms with Crippen LogP contribution in [-0.2, 0) is 16.1 Å². The largest absolute Gasteiger partial charge is 0.457 e. The summed E-state index contributed by atoms with van der Waals surface area (Å²) in [5, 5.41) is 9.86. The second-order valence-corrected chi connectivity index (χ2v) is 12.8. The number of ether oxygens (including phenoxy) is 2. The number of carbonyl (C=O) groups excluding carboxylic acids is 1. The molecule has 12 nitrogen and oxygen atoms in total. The van der Waals surface area contributed by atoms with Crippen molar-refractivity contribution in [1.29, 1.82) is 5.26 Å². The van der Waals surface area contributed by atoms with E-state index in [1.165, 1.54) is 10.9 Å². The average Bonchev–Trinajstić information content (AvgIpc) is 3.24. The number of amides is 1. The highest BCUT2D eigenvalue weighted by Gasteiger charge is 2.52. The third-order valence-corrected chi connectivity index (χ3v) is 9.02. The van der Waals surface area contributed by atoms with E-state index < -0.39 is 5.54 Å². The highest BCUT2D eigenvalue weighted by molar-refractivity contribution is 5.98. The Morgan fingerprint density at radius 3 is 2.44 bits per heavy atom. The summed E-state index contributed by atoms with van der Waals surface area (Å²) in [6.07, 6.45) is 3.12. The van der Waals surface area contributed by atoms with Crippen LogP contribution in [0.5, 0.6) is 11.5 Å². The van der Waals surface area contributed by atoms with Crippen LogP contribution in [0.1, 0.15) is 13.8 Å². The lowest BCUT2D eigenvalue weighted by Crippen LogP contribution is -2.70. The molecule has 230 valence electrons. The number of imidazole rings is 1. The fraction of sp³-hybridized carbons (Fsp3) is 0.364. The van der Waals surface area contributed by atoms with E-state index in [0.717, 1.165) is 26.3 Å². The standard InChI is InChI=1S/C33H34N8O4/c1-32(2,39-17-33(18-39)19-44-20-33)12-23(13-34)30(42)38-14-22(15-38)16-40-29-27(28(35)36-21-37-29)41(31(40)43)24-8-10-26(11-9-24)45-25-6-4-3-5-7-25/h3-12,21-22H,14-20H2,1-2H3,(H2,35,36,37). The lowest BCUT2D eigenvalue weighted by Gasteiger charge is -2.59. The van der Waals surface area contributed by atoms with Crippen molar-refractivity contribution < 1.29 is 14.3 Å². The highest BCUT2D eigenvalue weighted by atomic mass is 16.5. The van der Waals surface area contributed by atoms with Crippen LogP contribution in [0, 0.1) is 22.7 Å². The summed E-state index contributed by atoms with van der Waals surface area (Å²) in [4.78, 5) is 39.6. The van der Waals surface area contributed by atoms with Gasteiger partial charge in [0.15, 0.2) is 11.5 Å². The molecule has 0 saturated carbocycles. The molecule has 0 bridgehead atoms. The highest BCUT2D eigenvalue weighted by Crippen LogP contribution is 2.42. The zero-order chi connectivity index (χ0) is 31.3. The maximum atomic E-state index is 13.8. The van der Waals surface area contributed by atoms with Gasteiger partial charge in [-0.1, -0.05) is 18.2 Å². The molecule has 7 rings (SSSR count). The molecular weight excluding hydrogens is 572 g/mol. The van der Waals surface area contributed by atoms with E-state index in [9.17, 15) is 14.9 Å². The Kier molecular flexibility index (Phi) is 6.95. The van der Waals surface area contributed by atoms with E-state index >= 15 is 0 Å². The number of nitrogens with two attached hydrogens (primary N) is 1. The van der Waals surface area contributed by atoms with E-state index in [-0.39, 0.29) is 34.3 Å². The van der Waals surface area contributed by atoms with Crippen molar-refractivity contribution in [3.63, 3.8) is 0 Å². The molecule has 2 aromatic heterocycles. The van der Waals surface area contributed by atoms with Crippen LogP contribution in [0.15, 0.2) is 77.4 Å². The van der Waals surface area contributed by atoms with Gasteiger partial charge in [0, 0.05) is 49.6 Å². The van der Waals surface area contributed by atoms with Gasteiger partial charge in [0.1, 0.15) is 35.0 Å². The van der Waals surface area contributed by atoms with E-state index in [4.69, 9.17) is 15.2 Å². The van der Waals surface area contributed by atoms with Gasteiger partial charge in [-0.2, -0.15) is 5.26 Å². The monoisotopic (exact) mass is 606 g/mol. The first-order valence-corrected chi connectivity index (χ1v) is 15.0. The van der Waals surface area contributed by atoms with Gasteiger partial charge in [-0.05, 0) is 56.3 Å². The smallest absolute Gasteiger partial charge is 0.335 e. The first-order valence-electron chi connectivity index (χ1n) is 15.0. The van der Waals surface area contributed by atoms with Gasteiger partial charge in [-0.15, -0.1) is 0 Å². The van der Waals surface area contributed by atoms with Gasteiger partial charge in [0.05, 0.1) is 18.9 Å². The maximum Gasteiger partial charge on any atom is 0.335 e. The number of fused-ring (bicyclic) bond motifs is 1. The number of para-hydroxylation sites is 1. The lowest BCUT2D eigenvalue weighted by atomic mass is 9.75. The summed E-state index contributed by atoms with van der Waals surface area (Å²) in [6.45, 7) is 8.60. The number of nitriles is 1. The molecule has 2 N–H and O–H groups in total. The van der Waals surface area contributed by atoms with Crippen molar-refractivity contribution in [3.05, 3.63) is 83.1 Å². The number of anilines is 1. The Morgan fingerprint density at radius 2 is 1.80 bits per heavy atom. The first-order chi connectivity index (χ1) is 21.7. The van der Waals surface area contributed by atoms with Crippen LogP contribution in [0.2, 0.25) is 0 Å². The maximum absolute atomic E-state index is 13.8. The van der Waals surface area contributed by atoms with Crippen molar-refractivity contribution in [2.24, 2.45) is 11.3 Å². The molecule has 0 unspecified atom stereocenters. The molecule has 1 amide bonds. The normalized spacial score (nSPS) is 18.2. The van der Waals surface area contributed by atoms with E-state index in [1.54, 1.807) is 39.8 Å². The summed E-state index contributed by atoms with van der Waals surface area (Å²) in [5.41, 5.74) is 7.35. The molecule has 45 heavy (non-hydrogen) atoms. The van der Waals surface area contributed by atoms with Gasteiger partial charge >= 0.3 is 5.69 Å². The number of carbonyl (C=O) groups is 1. The predicted octanol–water partition coefficient (Wildman–Crippen LogP) is 2.98. The van der Waals surface area contributed by atoms with Crippen LogP contribution in [0.4, 0.5) is 5.82 Å². The number of aromatic nitrogens is 4. The molecular formula is C33H34N8O4. The fourth-order valence-electron chi connectivity index (χ4n) is 6.40. The zero-order valence-corrected chi connectivity index (χ0v) is 25.2. The molecule has 4 aromatic rings. The van der Waals surface area contributed by atoms with Crippen LogP contribution in [-0.4, -0.2) is 79.7 Å². The molecule has 0 atom stereocenters. The van der Waals surface area contributed by atoms with E-state index in [0.29, 0.717) is 48.0 Å². The Bertz CT molecular complexity index is 1890. The molecule has 5 heterocycles. The van der Waals surface area contributed by atoms with Crippen molar-refractivity contribution in [2.45, 2.75) is 25.9 Å². The van der Waals surface area contributed by atoms with Gasteiger partial charge in [0.2, 0.25) is 0 Å². The molecule has 3 aliphatic heterocycles. The molecule has 0 radical (unpaired) electrons. The number of likely N-dealkylation sites (tertiary alicyclic amines) is 2. The molecule has 0 aliphatic carbocycles. The lowest BCUT2D eigenvalue weighted by molar-refractivity contribution is -0.204. The molecule has 3 aliphatic rings. The summed E-state index contributed by atoms with van der Waals surface area (Å²) in [7, 11) is 0. The molecule has 1 spiro atoms. The van der Waals surface area contributed by atoms with Crippen LogP contribution >= 0.6 is 0 Å². The fourth-order valence-corrected chi connectivity index (χ4v) is 6.40. The number of rotatable bonds is 8. The van der Waals surface area contributed by atoms with E-state index in [2.05, 4.69) is 20.9 Å². The summed E-state index contributed by atoms with van der Waals surface area (Å²) >= 11 is 0. The Labute approximate surface area is 259 Å². The number of nitrogen functional groups attached to an aromatic ring is 1. The topological polar surface area (TPSA) is 145 Å². The summed E-state index contributed by atoms with van der Waals surface area (Å²) in [6, 6.07) is 18.7. The number of hydrogen-bond donors (Lipinski definition) is 1. The second kappa shape index (κ2) is 10.9. The number of nitrogens with zero attached hydrogens (tertiary/aromatic N) is 7. The molecule has 2 aromatic carbocycles. The quantitative estimate of drug-likeness (QED) is 0.236. The minimum Gasteiger partial charge on any atom is -0.457 e. The second-order valence-electron chi connectivity index (χ2n) is 12.8. The molecule has 3 saturated heterocycles. The SMILES string of the molecule is CC(C)(C=C(C#N)C(=O)N1CC(Cn2c(=O)n(-c3ccc(Oc4ccccc4)cc3)c3c(N)ncnc32)C1)N1CC2(COC2)C1. The van der Waals surface area contributed by atoms with Crippen LogP contribution < -0.4 is 16.2 Å². The Morgan fingerprint density at radius 1 is 1.11 bits per heavy atom.